The number of para-hydroxylation sites is 1. The van der Waals surface area contributed by atoms with Crippen LogP contribution in [0.5, 0.6) is 0 Å². The number of hydrogen-bond acceptors (Lipinski definition) is 3. The number of halogens is 1. The number of nitrogens with zero attached hydrogens (tertiary/aromatic N) is 2. The van der Waals surface area contributed by atoms with Gasteiger partial charge < -0.3 is 5.32 Å². The van der Waals surface area contributed by atoms with E-state index in [2.05, 4.69) is 15.3 Å². The van der Waals surface area contributed by atoms with Gasteiger partial charge in [-0.3, -0.25) is 14.8 Å². The van der Waals surface area contributed by atoms with E-state index in [9.17, 15) is 4.79 Å². The van der Waals surface area contributed by atoms with Crippen LogP contribution in [0, 0.1) is 0 Å². The standard InChI is InChI=1S/C12H12ClN3O/c13-5-2-6-16-12(17)9-3-1-4-10-11(9)15-8-7-14-10/h1,3-4,7-8H,2,5-6H2,(H,16,17). The fourth-order valence-corrected chi connectivity index (χ4v) is 1.67. The number of carbonyl (C=O) groups excluding carboxylic acids is 1. The van der Waals surface area contributed by atoms with E-state index in [0.717, 1.165) is 11.9 Å². The van der Waals surface area contributed by atoms with E-state index in [1.165, 1.54) is 0 Å². The summed E-state index contributed by atoms with van der Waals surface area (Å²) in [5, 5.41) is 2.80. The molecular formula is C12H12ClN3O. The van der Waals surface area contributed by atoms with Crippen molar-refractivity contribution in [3.05, 3.63) is 36.2 Å². The SMILES string of the molecule is O=C(NCCCCl)c1cccc2nccnc12. The van der Waals surface area contributed by atoms with E-state index >= 15 is 0 Å². The van der Waals surface area contributed by atoms with Gasteiger partial charge in [-0.05, 0) is 18.6 Å². The van der Waals surface area contributed by atoms with Gasteiger partial charge in [0, 0.05) is 24.8 Å². The fourth-order valence-electron chi connectivity index (χ4n) is 1.54. The number of fused-ring (bicyclic) bond motifs is 1. The highest BCUT2D eigenvalue weighted by Gasteiger charge is 2.10. The molecule has 0 radical (unpaired) electrons. The first kappa shape index (κ1) is 11.8. The maximum atomic E-state index is 11.9. The number of amides is 1. The van der Waals surface area contributed by atoms with Gasteiger partial charge in [0.1, 0.15) is 5.52 Å². The van der Waals surface area contributed by atoms with Gasteiger partial charge in [0.2, 0.25) is 0 Å². The predicted octanol–water partition coefficient (Wildman–Crippen LogP) is 1.99. The van der Waals surface area contributed by atoms with Gasteiger partial charge in [-0.2, -0.15) is 0 Å². The Labute approximate surface area is 104 Å². The largest absolute Gasteiger partial charge is 0.352 e. The number of nitrogens with one attached hydrogen (secondary N) is 1. The Kier molecular flexibility index (Phi) is 3.88. The molecule has 0 aliphatic heterocycles. The minimum atomic E-state index is -0.138. The quantitative estimate of drug-likeness (QED) is 0.666. The molecule has 2 rings (SSSR count). The first-order chi connectivity index (χ1) is 8.33. The van der Waals surface area contributed by atoms with Crippen molar-refractivity contribution in [1.29, 1.82) is 0 Å². The summed E-state index contributed by atoms with van der Waals surface area (Å²) in [5.41, 5.74) is 1.89. The zero-order valence-electron chi connectivity index (χ0n) is 9.19. The Morgan fingerprint density at radius 3 is 2.94 bits per heavy atom. The molecule has 1 aromatic carbocycles. The maximum absolute atomic E-state index is 11.9. The first-order valence-electron chi connectivity index (χ1n) is 5.37. The Morgan fingerprint density at radius 2 is 2.12 bits per heavy atom. The highest BCUT2D eigenvalue weighted by Crippen LogP contribution is 2.13. The Balaban J connectivity index is 2.26. The summed E-state index contributed by atoms with van der Waals surface area (Å²) in [6.07, 6.45) is 3.94. The Bertz CT molecular complexity index is 525. The lowest BCUT2D eigenvalue weighted by atomic mass is 10.1. The molecule has 0 unspecified atom stereocenters. The van der Waals surface area contributed by atoms with Crippen LogP contribution in [0.25, 0.3) is 11.0 Å². The van der Waals surface area contributed by atoms with E-state index in [0.29, 0.717) is 23.5 Å². The molecule has 0 aliphatic carbocycles. The zero-order chi connectivity index (χ0) is 12.1. The fraction of sp³-hybridized carbons (Fsp3) is 0.250. The molecule has 0 saturated carbocycles. The second-order valence-electron chi connectivity index (χ2n) is 3.53. The zero-order valence-corrected chi connectivity index (χ0v) is 9.94. The smallest absolute Gasteiger partial charge is 0.253 e. The van der Waals surface area contributed by atoms with Crippen molar-refractivity contribution in [2.24, 2.45) is 0 Å². The van der Waals surface area contributed by atoms with Crippen LogP contribution in [-0.4, -0.2) is 28.3 Å². The summed E-state index contributed by atoms with van der Waals surface area (Å²) < 4.78 is 0. The molecule has 0 saturated heterocycles. The molecule has 1 aromatic heterocycles. The van der Waals surface area contributed by atoms with Crippen LogP contribution < -0.4 is 5.32 Å². The Morgan fingerprint density at radius 1 is 1.29 bits per heavy atom. The van der Waals surface area contributed by atoms with Crippen LogP contribution in [-0.2, 0) is 0 Å². The highest BCUT2D eigenvalue weighted by molar-refractivity contribution is 6.17. The molecule has 2 aromatic rings. The van der Waals surface area contributed by atoms with Crippen molar-refractivity contribution in [2.75, 3.05) is 12.4 Å². The van der Waals surface area contributed by atoms with E-state index in [1.807, 2.05) is 6.07 Å². The molecule has 0 bridgehead atoms. The molecule has 4 nitrogen and oxygen atoms in total. The molecule has 1 amide bonds. The predicted molar refractivity (Wildman–Crippen MR) is 67.2 cm³/mol. The highest BCUT2D eigenvalue weighted by atomic mass is 35.5. The van der Waals surface area contributed by atoms with Crippen LogP contribution in [0.2, 0.25) is 0 Å². The summed E-state index contributed by atoms with van der Waals surface area (Å²) >= 11 is 5.55. The third-order valence-corrected chi connectivity index (χ3v) is 2.61. The lowest BCUT2D eigenvalue weighted by Gasteiger charge is -2.05. The van der Waals surface area contributed by atoms with E-state index in [1.54, 1.807) is 24.5 Å². The molecule has 0 atom stereocenters. The van der Waals surface area contributed by atoms with Crippen molar-refractivity contribution < 1.29 is 4.79 Å². The van der Waals surface area contributed by atoms with Gasteiger partial charge in [0.15, 0.2) is 0 Å². The average molecular weight is 250 g/mol. The molecular weight excluding hydrogens is 238 g/mol. The Hall–Kier alpha value is -1.68. The molecule has 0 aliphatic rings. The van der Waals surface area contributed by atoms with Gasteiger partial charge in [0.25, 0.3) is 5.91 Å². The molecule has 88 valence electrons. The van der Waals surface area contributed by atoms with Crippen LogP contribution in [0.15, 0.2) is 30.6 Å². The van der Waals surface area contributed by atoms with E-state index < -0.39 is 0 Å². The number of carbonyl (C=O) groups is 1. The number of aromatic nitrogens is 2. The molecule has 0 spiro atoms. The van der Waals surface area contributed by atoms with Gasteiger partial charge in [-0.1, -0.05) is 6.07 Å². The van der Waals surface area contributed by atoms with Gasteiger partial charge in [-0.15, -0.1) is 11.6 Å². The minimum Gasteiger partial charge on any atom is -0.352 e. The van der Waals surface area contributed by atoms with Crippen LogP contribution >= 0.6 is 11.6 Å². The summed E-state index contributed by atoms with van der Waals surface area (Å²) in [6, 6.07) is 5.37. The lowest BCUT2D eigenvalue weighted by molar-refractivity contribution is 0.0955. The molecule has 17 heavy (non-hydrogen) atoms. The maximum Gasteiger partial charge on any atom is 0.253 e. The molecule has 1 N–H and O–H groups in total. The summed E-state index contributed by atoms with van der Waals surface area (Å²) in [7, 11) is 0. The minimum absolute atomic E-state index is 0.138. The third-order valence-electron chi connectivity index (χ3n) is 2.34. The summed E-state index contributed by atoms with van der Waals surface area (Å²) in [6.45, 7) is 0.568. The topological polar surface area (TPSA) is 54.9 Å². The number of hydrogen-bond donors (Lipinski definition) is 1. The van der Waals surface area contributed by atoms with Crippen molar-refractivity contribution in [3.63, 3.8) is 0 Å². The van der Waals surface area contributed by atoms with Crippen LogP contribution in [0.3, 0.4) is 0 Å². The van der Waals surface area contributed by atoms with Crippen molar-refractivity contribution in [3.8, 4) is 0 Å². The third kappa shape index (κ3) is 2.71. The lowest BCUT2D eigenvalue weighted by Crippen LogP contribution is -2.25. The number of benzene rings is 1. The second-order valence-corrected chi connectivity index (χ2v) is 3.91. The van der Waals surface area contributed by atoms with Crippen molar-refractivity contribution in [2.45, 2.75) is 6.42 Å². The number of alkyl halides is 1. The van der Waals surface area contributed by atoms with Crippen LogP contribution in [0.1, 0.15) is 16.8 Å². The molecule has 0 fully saturated rings. The molecule has 5 heteroatoms. The second kappa shape index (κ2) is 5.59. The van der Waals surface area contributed by atoms with E-state index in [-0.39, 0.29) is 5.91 Å². The molecule has 1 heterocycles. The first-order valence-corrected chi connectivity index (χ1v) is 5.90. The summed E-state index contributed by atoms with van der Waals surface area (Å²) in [5.74, 6) is 0.400. The normalized spacial score (nSPS) is 10.4. The van der Waals surface area contributed by atoms with Gasteiger partial charge in [-0.25, -0.2) is 0 Å². The van der Waals surface area contributed by atoms with Gasteiger partial charge >= 0.3 is 0 Å². The van der Waals surface area contributed by atoms with Crippen LogP contribution in [0.4, 0.5) is 0 Å². The average Bonchev–Trinajstić information content (AvgIpc) is 2.38. The summed E-state index contributed by atoms with van der Waals surface area (Å²) in [4.78, 5) is 20.2. The van der Waals surface area contributed by atoms with Gasteiger partial charge in [0.05, 0.1) is 11.1 Å². The number of rotatable bonds is 4. The van der Waals surface area contributed by atoms with Crippen molar-refractivity contribution >= 4 is 28.5 Å². The van der Waals surface area contributed by atoms with Crippen molar-refractivity contribution in [1.82, 2.24) is 15.3 Å². The monoisotopic (exact) mass is 249 g/mol. The van der Waals surface area contributed by atoms with E-state index in [4.69, 9.17) is 11.6 Å².